The molecule has 0 atom stereocenters. The molecule has 0 bridgehead atoms. The molecule has 0 aliphatic heterocycles. The van der Waals surface area contributed by atoms with Crippen molar-refractivity contribution < 1.29 is 0 Å². The molecule has 0 spiro atoms. The Kier molecular flexibility index (Phi) is 9.04. The Morgan fingerprint density at radius 1 is 0.458 bits per heavy atom. The van der Waals surface area contributed by atoms with Gasteiger partial charge in [-0.25, -0.2) is 0 Å². The van der Waals surface area contributed by atoms with E-state index in [1.165, 1.54) is 22.3 Å². The molecule has 0 nitrogen and oxygen atoms in total. The van der Waals surface area contributed by atoms with E-state index in [0.717, 1.165) is 0 Å². The molecule has 134 valence electrons. The van der Waals surface area contributed by atoms with Gasteiger partial charge in [-0.05, 0) is 35.8 Å². The van der Waals surface area contributed by atoms with E-state index in [1.807, 2.05) is 13.8 Å². The summed E-state index contributed by atoms with van der Waals surface area (Å²) < 4.78 is 0. The van der Waals surface area contributed by atoms with E-state index >= 15 is 0 Å². The first kappa shape index (κ1) is 22.4. The molecule has 24 heavy (non-hydrogen) atoms. The summed E-state index contributed by atoms with van der Waals surface area (Å²) in [5, 5.41) is 0. The number of hydrogen-bond acceptors (Lipinski definition) is 0. The number of rotatable bonds is 0. The van der Waals surface area contributed by atoms with Gasteiger partial charge < -0.3 is 0 Å². The lowest BCUT2D eigenvalue weighted by Crippen LogP contribution is -2.10. The third-order valence-corrected chi connectivity index (χ3v) is 3.84. The molecule has 0 N–H and O–H groups in total. The maximum absolute atomic E-state index is 2.23. The fourth-order valence-corrected chi connectivity index (χ4v) is 2.11. The Bertz CT molecular complexity index is 502. The Balaban J connectivity index is 0.000000400. The van der Waals surface area contributed by atoms with Crippen LogP contribution in [0, 0.1) is 13.8 Å². The van der Waals surface area contributed by atoms with Crippen molar-refractivity contribution in [2.75, 3.05) is 0 Å². The molecule has 0 fully saturated rings. The standard InChI is InChI=1S/2C11H16.C2H6/c2*1-9-5-7-10(8-6-9)11(2,3)4;1-2/h2*5-8H,1-4H3;1-2H3. The van der Waals surface area contributed by atoms with Crippen molar-refractivity contribution in [3.8, 4) is 0 Å². The van der Waals surface area contributed by atoms with Crippen LogP contribution in [-0.4, -0.2) is 0 Å². The molecule has 0 aromatic heterocycles. The summed E-state index contributed by atoms with van der Waals surface area (Å²) in [6.07, 6.45) is 0. The highest BCUT2D eigenvalue weighted by Gasteiger charge is 2.12. The predicted molar refractivity (Wildman–Crippen MR) is 111 cm³/mol. The summed E-state index contributed by atoms with van der Waals surface area (Å²) in [4.78, 5) is 0. The third-order valence-electron chi connectivity index (χ3n) is 3.84. The van der Waals surface area contributed by atoms with Crippen LogP contribution in [0.5, 0.6) is 0 Å². The maximum Gasteiger partial charge on any atom is -0.0132 e. The Labute approximate surface area is 151 Å². The molecule has 0 aliphatic carbocycles. The van der Waals surface area contributed by atoms with Crippen molar-refractivity contribution >= 4 is 0 Å². The summed E-state index contributed by atoms with van der Waals surface area (Å²) in [6, 6.07) is 17.5. The molecular formula is C24H38. The number of aryl methyl sites for hydroxylation is 2. The van der Waals surface area contributed by atoms with Crippen LogP contribution in [0.2, 0.25) is 0 Å². The largest absolute Gasteiger partial charge is 0.0683 e. The summed E-state index contributed by atoms with van der Waals surface area (Å²) in [5.41, 5.74) is 6.05. The maximum atomic E-state index is 2.23. The average molecular weight is 327 g/mol. The highest BCUT2D eigenvalue weighted by Crippen LogP contribution is 2.22. The number of hydrogen-bond donors (Lipinski definition) is 0. The van der Waals surface area contributed by atoms with Crippen LogP contribution >= 0.6 is 0 Å². The molecule has 2 aromatic carbocycles. The molecule has 0 saturated carbocycles. The average Bonchev–Trinajstić information content (AvgIpc) is 2.49. The van der Waals surface area contributed by atoms with Crippen LogP contribution in [0.25, 0.3) is 0 Å². The first-order valence-corrected chi connectivity index (χ1v) is 9.14. The summed E-state index contributed by atoms with van der Waals surface area (Å²) in [5.74, 6) is 0. The van der Waals surface area contributed by atoms with E-state index in [0.29, 0.717) is 0 Å². The lowest BCUT2D eigenvalue weighted by Gasteiger charge is -2.18. The quantitative estimate of drug-likeness (QED) is 0.467. The van der Waals surface area contributed by atoms with Crippen molar-refractivity contribution in [2.24, 2.45) is 0 Å². The minimum Gasteiger partial charge on any atom is -0.0683 e. The van der Waals surface area contributed by atoms with Gasteiger partial charge in [0.05, 0.1) is 0 Å². The van der Waals surface area contributed by atoms with E-state index in [1.54, 1.807) is 0 Å². The van der Waals surface area contributed by atoms with Crippen molar-refractivity contribution in [1.29, 1.82) is 0 Å². The van der Waals surface area contributed by atoms with Crippen molar-refractivity contribution in [3.05, 3.63) is 70.8 Å². The SMILES string of the molecule is CC.Cc1ccc(C(C)(C)C)cc1.Cc1ccc(C(C)(C)C)cc1. The predicted octanol–water partition coefficient (Wildman–Crippen LogP) is 7.61. The first-order chi connectivity index (χ1) is 11.0. The molecule has 0 unspecified atom stereocenters. The van der Waals surface area contributed by atoms with Crippen LogP contribution in [0.4, 0.5) is 0 Å². The minimum atomic E-state index is 0.285. The van der Waals surface area contributed by atoms with Gasteiger partial charge in [0.15, 0.2) is 0 Å². The van der Waals surface area contributed by atoms with Crippen LogP contribution in [0.3, 0.4) is 0 Å². The van der Waals surface area contributed by atoms with E-state index in [2.05, 4.69) is 104 Å². The van der Waals surface area contributed by atoms with Crippen LogP contribution in [0.15, 0.2) is 48.5 Å². The summed E-state index contributed by atoms with van der Waals surface area (Å²) in [7, 11) is 0. The topological polar surface area (TPSA) is 0 Å². The monoisotopic (exact) mass is 326 g/mol. The number of benzene rings is 2. The lowest BCUT2D eigenvalue weighted by atomic mass is 9.87. The zero-order valence-electron chi connectivity index (χ0n) is 17.6. The molecule has 2 rings (SSSR count). The normalized spacial score (nSPS) is 10.9. The van der Waals surface area contributed by atoms with Crippen LogP contribution in [-0.2, 0) is 10.8 Å². The van der Waals surface area contributed by atoms with Gasteiger partial charge in [0, 0.05) is 0 Å². The highest BCUT2D eigenvalue weighted by atomic mass is 14.2. The van der Waals surface area contributed by atoms with Gasteiger partial charge in [-0.2, -0.15) is 0 Å². The van der Waals surface area contributed by atoms with E-state index in [-0.39, 0.29) is 10.8 Å². The summed E-state index contributed by atoms with van der Waals surface area (Å²) >= 11 is 0. The van der Waals surface area contributed by atoms with E-state index < -0.39 is 0 Å². The van der Waals surface area contributed by atoms with Gasteiger partial charge in [-0.3, -0.25) is 0 Å². The van der Waals surface area contributed by atoms with Crippen LogP contribution in [0.1, 0.15) is 77.6 Å². The first-order valence-electron chi connectivity index (χ1n) is 9.14. The van der Waals surface area contributed by atoms with E-state index in [4.69, 9.17) is 0 Å². The lowest BCUT2D eigenvalue weighted by molar-refractivity contribution is 0.590. The molecule has 0 radical (unpaired) electrons. The van der Waals surface area contributed by atoms with Gasteiger partial charge in [0.2, 0.25) is 0 Å². The van der Waals surface area contributed by atoms with Gasteiger partial charge in [0.1, 0.15) is 0 Å². The molecule has 0 amide bonds. The Hall–Kier alpha value is -1.56. The Morgan fingerprint density at radius 3 is 0.833 bits per heavy atom. The third kappa shape index (κ3) is 8.34. The van der Waals surface area contributed by atoms with Crippen molar-refractivity contribution in [3.63, 3.8) is 0 Å². The molecule has 0 heteroatoms. The second kappa shape index (κ2) is 9.67. The molecule has 0 saturated heterocycles. The fraction of sp³-hybridized carbons (Fsp3) is 0.500. The fourth-order valence-electron chi connectivity index (χ4n) is 2.11. The van der Waals surface area contributed by atoms with Gasteiger partial charge in [-0.15, -0.1) is 0 Å². The zero-order valence-corrected chi connectivity index (χ0v) is 17.6. The van der Waals surface area contributed by atoms with Crippen LogP contribution < -0.4 is 0 Å². The van der Waals surface area contributed by atoms with Crippen molar-refractivity contribution in [1.82, 2.24) is 0 Å². The smallest absolute Gasteiger partial charge is 0.0132 e. The molecule has 2 aromatic rings. The minimum absolute atomic E-state index is 0.285. The second-order valence-corrected chi connectivity index (χ2v) is 8.23. The summed E-state index contributed by atoms with van der Waals surface area (Å²) in [6.45, 7) is 21.6. The van der Waals surface area contributed by atoms with Gasteiger partial charge >= 0.3 is 0 Å². The molecule has 0 heterocycles. The molecular weight excluding hydrogens is 288 g/mol. The molecule has 0 aliphatic rings. The van der Waals surface area contributed by atoms with Gasteiger partial charge in [0.25, 0.3) is 0 Å². The zero-order chi connectivity index (χ0) is 19.0. The second-order valence-electron chi connectivity index (χ2n) is 8.23. The highest BCUT2D eigenvalue weighted by molar-refractivity contribution is 5.27. The van der Waals surface area contributed by atoms with Crippen molar-refractivity contribution in [2.45, 2.75) is 80.1 Å². The Morgan fingerprint density at radius 2 is 0.667 bits per heavy atom. The van der Waals surface area contributed by atoms with E-state index in [9.17, 15) is 0 Å². The van der Waals surface area contributed by atoms with Gasteiger partial charge in [-0.1, -0.05) is 115 Å².